The van der Waals surface area contributed by atoms with Crippen molar-refractivity contribution in [2.45, 2.75) is 13.5 Å². The van der Waals surface area contributed by atoms with Gasteiger partial charge in [0.2, 0.25) is 0 Å². The molecule has 0 aliphatic carbocycles. The maximum atomic E-state index is 12.4. The molecule has 1 aliphatic rings. The summed E-state index contributed by atoms with van der Waals surface area (Å²) in [6.07, 6.45) is 0. The van der Waals surface area contributed by atoms with Gasteiger partial charge in [-0.1, -0.05) is 6.07 Å². The highest BCUT2D eigenvalue weighted by Crippen LogP contribution is 2.31. The highest BCUT2D eigenvalue weighted by Gasteiger charge is 2.13. The van der Waals surface area contributed by atoms with Crippen molar-refractivity contribution >= 4 is 5.91 Å². The van der Waals surface area contributed by atoms with E-state index in [1.165, 1.54) is 0 Å². The van der Waals surface area contributed by atoms with Crippen LogP contribution in [0.15, 0.2) is 36.4 Å². The summed E-state index contributed by atoms with van der Waals surface area (Å²) in [5.41, 5.74) is 1.45. The minimum Gasteiger partial charge on any atom is -0.493 e. The number of carbonyl (C=O) groups is 1. The molecule has 25 heavy (non-hydrogen) atoms. The maximum Gasteiger partial charge on any atom is 0.251 e. The molecule has 0 radical (unpaired) electrons. The molecule has 6 heteroatoms. The molecule has 3 rings (SSSR count). The van der Waals surface area contributed by atoms with Gasteiger partial charge in [0, 0.05) is 12.1 Å². The van der Waals surface area contributed by atoms with Gasteiger partial charge in [-0.25, -0.2) is 0 Å². The summed E-state index contributed by atoms with van der Waals surface area (Å²) in [7, 11) is 1.55. The summed E-state index contributed by atoms with van der Waals surface area (Å²) >= 11 is 0. The Morgan fingerprint density at radius 3 is 2.64 bits per heavy atom. The summed E-state index contributed by atoms with van der Waals surface area (Å²) in [5.74, 6) is 2.41. The van der Waals surface area contributed by atoms with E-state index in [2.05, 4.69) is 5.32 Å². The van der Waals surface area contributed by atoms with Crippen LogP contribution in [0.5, 0.6) is 23.0 Å². The van der Waals surface area contributed by atoms with E-state index in [0.29, 0.717) is 49.2 Å². The van der Waals surface area contributed by atoms with Gasteiger partial charge in [-0.2, -0.15) is 0 Å². The van der Waals surface area contributed by atoms with Crippen molar-refractivity contribution in [3.63, 3.8) is 0 Å². The van der Waals surface area contributed by atoms with Gasteiger partial charge in [-0.05, 0) is 42.8 Å². The molecule has 0 bridgehead atoms. The van der Waals surface area contributed by atoms with Crippen molar-refractivity contribution in [2.24, 2.45) is 0 Å². The van der Waals surface area contributed by atoms with Crippen LogP contribution in [-0.2, 0) is 6.54 Å². The zero-order valence-corrected chi connectivity index (χ0v) is 14.3. The van der Waals surface area contributed by atoms with E-state index in [0.717, 1.165) is 11.3 Å². The maximum absolute atomic E-state index is 12.4. The topological polar surface area (TPSA) is 66.0 Å². The molecule has 1 heterocycles. The molecule has 0 saturated heterocycles. The van der Waals surface area contributed by atoms with Crippen molar-refractivity contribution in [3.8, 4) is 23.0 Å². The lowest BCUT2D eigenvalue weighted by Crippen LogP contribution is -2.23. The Morgan fingerprint density at radius 1 is 1.08 bits per heavy atom. The molecule has 1 amide bonds. The Balaban J connectivity index is 1.66. The first kappa shape index (κ1) is 17.0. The summed E-state index contributed by atoms with van der Waals surface area (Å²) in [6, 6.07) is 10.8. The zero-order chi connectivity index (χ0) is 17.6. The molecule has 0 unspecified atom stereocenters. The number of hydrogen-bond donors (Lipinski definition) is 1. The zero-order valence-electron chi connectivity index (χ0n) is 14.3. The van der Waals surface area contributed by atoms with Crippen molar-refractivity contribution in [2.75, 3.05) is 26.9 Å². The average Bonchev–Trinajstić information content (AvgIpc) is 2.66. The lowest BCUT2D eigenvalue weighted by molar-refractivity contribution is 0.0950. The lowest BCUT2D eigenvalue weighted by atomic mass is 10.1. The minimum atomic E-state index is -0.184. The molecule has 132 valence electrons. The van der Waals surface area contributed by atoms with E-state index in [1.807, 2.05) is 25.1 Å². The Hall–Kier alpha value is -2.89. The van der Waals surface area contributed by atoms with Crippen LogP contribution in [0.4, 0.5) is 0 Å². The number of fused-ring (bicyclic) bond motifs is 1. The van der Waals surface area contributed by atoms with Crippen molar-refractivity contribution in [1.29, 1.82) is 0 Å². The van der Waals surface area contributed by atoms with Crippen LogP contribution in [-0.4, -0.2) is 32.8 Å². The SMILES string of the molecule is CCOc1ccc(C(=O)NCc2ccc3c(c2)OCCO3)cc1OC. The van der Waals surface area contributed by atoms with E-state index in [1.54, 1.807) is 25.3 Å². The number of ether oxygens (including phenoxy) is 4. The minimum absolute atomic E-state index is 0.184. The van der Waals surface area contributed by atoms with E-state index in [9.17, 15) is 4.79 Å². The van der Waals surface area contributed by atoms with Gasteiger partial charge >= 0.3 is 0 Å². The highest BCUT2D eigenvalue weighted by molar-refractivity contribution is 5.94. The number of methoxy groups -OCH3 is 1. The first-order valence-electron chi connectivity index (χ1n) is 8.19. The molecule has 1 aliphatic heterocycles. The largest absolute Gasteiger partial charge is 0.493 e. The second-order valence-corrected chi connectivity index (χ2v) is 5.46. The monoisotopic (exact) mass is 343 g/mol. The fourth-order valence-electron chi connectivity index (χ4n) is 2.57. The Morgan fingerprint density at radius 2 is 1.88 bits per heavy atom. The number of nitrogens with one attached hydrogen (secondary N) is 1. The predicted octanol–water partition coefficient (Wildman–Crippen LogP) is 2.80. The first-order valence-corrected chi connectivity index (χ1v) is 8.19. The molecule has 0 saturated carbocycles. The molecular formula is C19H21NO5. The fourth-order valence-corrected chi connectivity index (χ4v) is 2.57. The van der Waals surface area contributed by atoms with Gasteiger partial charge < -0.3 is 24.3 Å². The Kier molecular flexibility index (Phi) is 5.28. The van der Waals surface area contributed by atoms with Crippen molar-refractivity contribution < 1.29 is 23.7 Å². The molecule has 6 nitrogen and oxygen atoms in total. The number of amides is 1. The van der Waals surface area contributed by atoms with Gasteiger partial charge in [0.15, 0.2) is 23.0 Å². The molecule has 0 aromatic heterocycles. The van der Waals surface area contributed by atoms with Gasteiger partial charge in [0.05, 0.1) is 13.7 Å². The van der Waals surface area contributed by atoms with Crippen LogP contribution in [0.3, 0.4) is 0 Å². The third kappa shape index (κ3) is 3.96. The van der Waals surface area contributed by atoms with Crippen LogP contribution in [0.25, 0.3) is 0 Å². The predicted molar refractivity (Wildman–Crippen MR) is 92.8 cm³/mol. The van der Waals surface area contributed by atoms with Crippen LogP contribution >= 0.6 is 0 Å². The molecule has 0 fully saturated rings. The van der Waals surface area contributed by atoms with E-state index < -0.39 is 0 Å². The second kappa shape index (κ2) is 7.79. The van der Waals surface area contributed by atoms with Gasteiger partial charge in [-0.3, -0.25) is 4.79 Å². The van der Waals surface area contributed by atoms with Crippen LogP contribution in [0, 0.1) is 0 Å². The molecule has 0 spiro atoms. The smallest absolute Gasteiger partial charge is 0.251 e. The molecule has 2 aromatic rings. The van der Waals surface area contributed by atoms with Crippen molar-refractivity contribution in [3.05, 3.63) is 47.5 Å². The number of rotatable bonds is 6. The quantitative estimate of drug-likeness (QED) is 0.874. The summed E-state index contributed by atoms with van der Waals surface area (Å²) in [4.78, 5) is 12.4. The van der Waals surface area contributed by atoms with Gasteiger partial charge in [0.1, 0.15) is 13.2 Å². The van der Waals surface area contributed by atoms with Gasteiger partial charge in [-0.15, -0.1) is 0 Å². The Labute approximate surface area is 146 Å². The summed E-state index contributed by atoms with van der Waals surface area (Å²) in [5, 5.41) is 2.89. The second-order valence-electron chi connectivity index (χ2n) is 5.46. The number of carbonyl (C=O) groups excluding carboxylic acids is 1. The molecule has 0 atom stereocenters. The van der Waals surface area contributed by atoms with Crippen LogP contribution < -0.4 is 24.3 Å². The summed E-state index contributed by atoms with van der Waals surface area (Å²) in [6.45, 7) is 3.92. The van der Waals surface area contributed by atoms with Gasteiger partial charge in [0.25, 0.3) is 5.91 Å². The normalized spacial score (nSPS) is 12.4. The van der Waals surface area contributed by atoms with E-state index in [-0.39, 0.29) is 5.91 Å². The number of benzene rings is 2. The standard InChI is InChI=1S/C19H21NO5/c1-3-23-15-7-5-14(11-17(15)22-2)19(21)20-12-13-4-6-16-18(10-13)25-9-8-24-16/h4-7,10-11H,3,8-9,12H2,1-2H3,(H,20,21). The lowest BCUT2D eigenvalue weighted by Gasteiger charge is -2.19. The third-order valence-electron chi connectivity index (χ3n) is 3.79. The Bertz CT molecular complexity index is 759. The molecule has 1 N–H and O–H groups in total. The first-order chi connectivity index (χ1) is 12.2. The van der Waals surface area contributed by atoms with Crippen LogP contribution in [0.2, 0.25) is 0 Å². The fraction of sp³-hybridized carbons (Fsp3) is 0.316. The molecular weight excluding hydrogens is 322 g/mol. The highest BCUT2D eigenvalue weighted by atomic mass is 16.6. The third-order valence-corrected chi connectivity index (χ3v) is 3.79. The summed E-state index contributed by atoms with van der Waals surface area (Å²) < 4.78 is 21.8. The number of hydrogen-bond acceptors (Lipinski definition) is 5. The average molecular weight is 343 g/mol. The molecule has 2 aromatic carbocycles. The van der Waals surface area contributed by atoms with Crippen LogP contribution in [0.1, 0.15) is 22.8 Å². The van der Waals surface area contributed by atoms with Crippen molar-refractivity contribution in [1.82, 2.24) is 5.32 Å². The van der Waals surface area contributed by atoms with E-state index in [4.69, 9.17) is 18.9 Å². The van der Waals surface area contributed by atoms with E-state index >= 15 is 0 Å².